The van der Waals surface area contributed by atoms with Crippen molar-refractivity contribution in [1.82, 2.24) is 15.2 Å². The fraction of sp³-hybridized carbons (Fsp3) is 0.529. The zero-order valence-corrected chi connectivity index (χ0v) is 13.6. The molecule has 5 rings (SSSR count). The highest BCUT2D eigenvalue weighted by atomic mass is 16.3. The summed E-state index contributed by atoms with van der Waals surface area (Å²) in [5.41, 5.74) is 1.90. The van der Waals surface area contributed by atoms with E-state index in [1.54, 1.807) is 12.5 Å². The van der Waals surface area contributed by atoms with Crippen LogP contribution < -0.4 is 10.2 Å². The average Bonchev–Trinajstić information content (AvgIpc) is 3.00. The van der Waals surface area contributed by atoms with Crippen LogP contribution in [0.2, 0.25) is 0 Å². The Balaban J connectivity index is 1.60. The lowest BCUT2D eigenvalue weighted by molar-refractivity contribution is 0.0618. The third-order valence-electron chi connectivity index (χ3n) is 5.14. The van der Waals surface area contributed by atoms with Crippen LogP contribution in [0.25, 0.3) is 11.0 Å². The number of anilines is 1. The molecule has 6 nitrogen and oxygen atoms in total. The molecular weight excluding hydrogens is 292 g/mol. The summed E-state index contributed by atoms with van der Waals surface area (Å²) >= 11 is 0. The minimum atomic E-state index is -0.131. The second-order valence-corrected chi connectivity index (χ2v) is 6.77. The van der Waals surface area contributed by atoms with Crippen molar-refractivity contribution in [1.29, 1.82) is 0 Å². The van der Waals surface area contributed by atoms with Crippen LogP contribution in [0.4, 0.5) is 5.69 Å². The molecule has 0 unspecified atom stereocenters. The Kier molecular flexibility index (Phi) is 3.49. The normalized spacial score (nSPS) is 26.4. The van der Waals surface area contributed by atoms with E-state index in [-0.39, 0.29) is 11.9 Å². The fourth-order valence-electron chi connectivity index (χ4n) is 3.82. The van der Waals surface area contributed by atoms with Crippen LogP contribution >= 0.6 is 0 Å². The number of nitrogens with one attached hydrogen (secondary N) is 1. The Morgan fingerprint density at radius 1 is 1.39 bits per heavy atom. The van der Waals surface area contributed by atoms with E-state index in [2.05, 4.69) is 15.2 Å². The number of furan rings is 1. The molecule has 23 heavy (non-hydrogen) atoms. The third kappa shape index (κ3) is 2.47. The molecule has 2 aromatic heterocycles. The number of rotatable bonds is 3. The monoisotopic (exact) mass is 314 g/mol. The number of amides is 1. The molecule has 122 valence electrons. The van der Waals surface area contributed by atoms with E-state index >= 15 is 0 Å². The zero-order valence-electron chi connectivity index (χ0n) is 13.6. The first-order valence-electron chi connectivity index (χ1n) is 8.20. The summed E-state index contributed by atoms with van der Waals surface area (Å²) in [4.78, 5) is 21.4. The number of pyridine rings is 1. The van der Waals surface area contributed by atoms with Crippen molar-refractivity contribution >= 4 is 22.6 Å². The van der Waals surface area contributed by atoms with Gasteiger partial charge in [0.1, 0.15) is 6.26 Å². The SMILES string of the molecule is CN(C)c1coc2c(C(=O)N[C@H]3CN4CCC3CC4)nccc12. The van der Waals surface area contributed by atoms with E-state index in [4.69, 9.17) is 4.42 Å². The molecule has 0 aromatic carbocycles. The molecular formula is C17H22N4O2. The minimum Gasteiger partial charge on any atom is -0.460 e. The maximum absolute atomic E-state index is 12.7. The van der Waals surface area contributed by atoms with Gasteiger partial charge in [0.05, 0.1) is 5.69 Å². The van der Waals surface area contributed by atoms with Crippen LogP contribution in [-0.2, 0) is 0 Å². The van der Waals surface area contributed by atoms with Crippen molar-refractivity contribution < 1.29 is 9.21 Å². The quantitative estimate of drug-likeness (QED) is 0.934. The number of carbonyl (C=O) groups is 1. The Morgan fingerprint density at radius 3 is 2.83 bits per heavy atom. The number of carbonyl (C=O) groups excluding carboxylic acids is 1. The molecule has 3 aliphatic rings. The predicted octanol–water partition coefficient (Wildman–Crippen LogP) is 1.72. The van der Waals surface area contributed by atoms with Gasteiger partial charge >= 0.3 is 0 Å². The average molecular weight is 314 g/mol. The number of piperidine rings is 3. The second kappa shape index (κ2) is 5.53. The lowest BCUT2D eigenvalue weighted by Gasteiger charge is -2.44. The standard InChI is InChI=1S/C17H22N4O2/c1-20(2)14-10-23-16-12(14)3-6-18-15(16)17(22)19-13-9-21-7-4-11(13)5-8-21/h3,6,10-11,13H,4-5,7-9H2,1-2H3,(H,19,22)/t13-/m0/s1. The van der Waals surface area contributed by atoms with E-state index in [9.17, 15) is 4.79 Å². The van der Waals surface area contributed by atoms with E-state index in [1.807, 2.05) is 25.1 Å². The Hall–Kier alpha value is -2.08. The number of aromatic nitrogens is 1. The first kappa shape index (κ1) is 14.5. The number of hydrogen-bond donors (Lipinski definition) is 1. The van der Waals surface area contributed by atoms with Gasteiger partial charge in [-0.05, 0) is 37.9 Å². The van der Waals surface area contributed by atoms with Crippen molar-refractivity contribution in [3.8, 4) is 0 Å². The molecule has 0 saturated carbocycles. The first-order chi connectivity index (χ1) is 11.1. The summed E-state index contributed by atoms with van der Waals surface area (Å²) in [5.74, 6) is 0.464. The van der Waals surface area contributed by atoms with Gasteiger partial charge < -0.3 is 19.5 Å². The van der Waals surface area contributed by atoms with Gasteiger partial charge in [0.15, 0.2) is 11.3 Å². The van der Waals surface area contributed by atoms with Crippen LogP contribution in [-0.4, -0.2) is 55.6 Å². The fourth-order valence-corrected chi connectivity index (χ4v) is 3.82. The van der Waals surface area contributed by atoms with E-state index in [0.29, 0.717) is 17.2 Å². The van der Waals surface area contributed by atoms with E-state index in [1.165, 1.54) is 12.8 Å². The topological polar surface area (TPSA) is 61.6 Å². The van der Waals surface area contributed by atoms with Crippen LogP contribution in [0.3, 0.4) is 0 Å². The largest absolute Gasteiger partial charge is 0.460 e. The highest BCUT2D eigenvalue weighted by Gasteiger charge is 2.35. The molecule has 3 aliphatic heterocycles. The minimum absolute atomic E-state index is 0.131. The first-order valence-corrected chi connectivity index (χ1v) is 8.20. The summed E-state index contributed by atoms with van der Waals surface area (Å²) in [6.45, 7) is 3.28. The molecule has 2 aromatic rings. The van der Waals surface area contributed by atoms with Crippen molar-refractivity contribution in [2.75, 3.05) is 38.6 Å². The van der Waals surface area contributed by atoms with Crippen LogP contribution in [0.5, 0.6) is 0 Å². The maximum atomic E-state index is 12.7. The summed E-state index contributed by atoms with van der Waals surface area (Å²) in [6, 6.07) is 2.12. The van der Waals surface area contributed by atoms with Crippen molar-refractivity contribution in [3.63, 3.8) is 0 Å². The van der Waals surface area contributed by atoms with Gasteiger partial charge in [0.25, 0.3) is 5.91 Å². The second-order valence-electron chi connectivity index (χ2n) is 6.77. The maximum Gasteiger partial charge on any atom is 0.274 e. The smallest absolute Gasteiger partial charge is 0.274 e. The van der Waals surface area contributed by atoms with Gasteiger partial charge in [0, 0.05) is 38.3 Å². The number of nitrogens with zero attached hydrogens (tertiary/aromatic N) is 3. The Morgan fingerprint density at radius 2 is 2.17 bits per heavy atom. The van der Waals surface area contributed by atoms with Gasteiger partial charge in [0.2, 0.25) is 0 Å². The van der Waals surface area contributed by atoms with Crippen LogP contribution in [0.15, 0.2) is 22.9 Å². The van der Waals surface area contributed by atoms with Gasteiger partial charge in [-0.15, -0.1) is 0 Å². The van der Waals surface area contributed by atoms with E-state index < -0.39 is 0 Å². The lowest BCUT2D eigenvalue weighted by atomic mass is 9.84. The summed E-state index contributed by atoms with van der Waals surface area (Å²) in [5, 5.41) is 4.10. The molecule has 0 spiro atoms. The van der Waals surface area contributed by atoms with Gasteiger partial charge in [-0.1, -0.05) is 0 Å². The summed E-state index contributed by atoms with van der Waals surface area (Å²) in [7, 11) is 3.91. The molecule has 3 saturated heterocycles. The third-order valence-corrected chi connectivity index (χ3v) is 5.14. The molecule has 1 atom stereocenters. The molecule has 2 bridgehead atoms. The van der Waals surface area contributed by atoms with Crippen molar-refractivity contribution in [3.05, 3.63) is 24.2 Å². The molecule has 0 aliphatic carbocycles. The molecule has 0 radical (unpaired) electrons. The summed E-state index contributed by atoms with van der Waals surface area (Å²) < 4.78 is 5.64. The van der Waals surface area contributed by atoms with Crippen molar-refractivity contribution in [2.24, 2.45) is 5.92 Å². The predicted molar refractivity (Wildman–Crippen MR) is 88.8 cm³/mol. The zero-order chi connectivity index (χ0) is 16.0. The Labute approximate surface area is 135 Å². The summed E-state index contributed by atoms with van der Waals surface area (Å²) in [6.07, 6.45) is 5.70. The molecule has 5 heterocycles. The highest BCUT2D eigenvalue weighted by Crippen LogP contribution is 2.30. The van der Waals surface area contributed by atoms with Gasteiger partial charge in [-0.25, -0.2) is 4.98 Å². The lowest BCUT2D eigenvalue weighted by Crippen LogP contribution is -2.57. The Bertz CT molecular complexity index is 731. The van der Waals surface area contributed by atoms with Crippen molar-refractivity contribution in [2.45, 2.75) is 18.9 Å². The van der Waals surface area contributed by atoms with Gasteiger partial charge in [-0.3, -0.25) is 4.79 Å². The number of fused-ring (bicyclic) bond motifs is 4. The van der Waals surface area contributed by atoms with E-state index in [0.717, 1.165) is 30.7 Å². The van der Waals surface area contributed by atoms with Gasteiger partial charge in [-0.2, -0.15) is 0 Å². The number of hydrogen-bond acceptors (Lipinski definition) is 5. The molecule has 3 fully saturated rings. The molecule has 1 amide bonds. The van der Waals surface area contributed by atoms with Crippen LogP contribution in [0.1, 0.15) is 23.3 Å². The molecule has 1 N–H and O–H groups in total. The van der Waals surface area contributed by atoms with Crippen LogP contribution in [0, 0.1) is 5.92 Å². The molecule has 6 heteroatoms. The highest BCUT2D eigenvalue weighted by molar-refractivity contribution is 6.06.